The van der Waals surface area contributed by atoms with Crippen LogP contribution in [0.3, 0.4) is 0 Å². The first-order chi connectivity index (χ1) is 9.10. The number of halogens is 3. The maximum atomic E-state index is 6.06. The van der Waals surface area contributed by atoms with E-state index in [9.17, 15) is 0 Å². The Morgan fingerprint density at radius 2 is 2.11 bits per heavy atom. The maximum absolute atomic E-state index is 6.06. The van der Waals surface area contributed by atoms with E-state index in [1.54, 1.807) is 11.3 Å². The fourth-order valence-electron chi connectivity index (χ4n) is 1.61. The largest absolute Gasteiger partial charge is 0.491 e. The second kappa shape index (κ2) is 6.84. The lowest BCUT2D eigenvalue weighted by atomic mass is 10.3. The Bertz CT molecular complexity index is 574. The molecular weight excluding hydrogens is 369 g/mol. The molecule has 2 nitrogen and oxygen atoms in total. The molecule has 0 radical (unpaired) electrons. The Hall–Kier alpha value is -0.420. The summed E-state index contributed by atoms with van der Waals surface area (Å²) in [5.74, 6) is 0.773. The standard InChI is InChI=1S/C13H12BrCl2NOS/c1-2-18-13-10(14)5-8(15)6-11(13)17-7-9-3-4-12(16)19-9/h3-6,17H,2,7H2,1H3. The normalized spacial score (nSPS) is 10.5. The number of hydrogen-bond donors (Lipinski definition) is 1. The van der Waals surface area contributed by atoms with Gasteiger partial charge in [0.15, 0.2) is 5.75 Å². The van der Waals surface area contributed by atoms with E-state index in [4.69, 9.17) is 27.9 Å². The van der Waals surface area contributed by atoms with Gasteiger partial charge >= 0.3 is 0 Å². The van der Waals surface area contributed by atoms with E-state index < -0.39 is 0 Å². The van der Waals surface area contributed by atoms with Gasteiger partial charge in [-0.3, -0.25) is 0 Å². The van der Waals surface area contributed by atoms with Crippen molar-refractivity contribution in [3.63, 3.8) is 0 Å². The van der Waals surface area contributed by atoms with Gasteiger partial charge in [0.05, 0.1) is 21.1 Å². The molecule has 1 N–H and O–H groups in total. The van der Waals surface area contributed by atoms with Crippen molar-refractivity contribution in [1.29, 1.82) is 0 Å². The average molecular weight is 381 g/mol. The van der Waals surface area contributed by atoms with Crippen molar-refractivity contribution in [2.24, 2.45) is 0 Å². The molecule has 0 saturated carbocycles. The van der Waals surface area contributed by atoms with Crippen LogP contribution < -0.4 is 10.1 Å². The van der Waals surface area contributed by atoms with Crippen LogP contribution in [-0.4, -0.2) is 6.61 Å². The van der Waals surface area contributed by atoms with E-state index in [1.807, 2.05) is 31.2 Å². The highest BCUT2D eigenvalue weighted by atomic mass is 79.9. The highest BCUT2D eigenvalue weighted by Gasteiger charge is 2.10. The molecule has 0 saturated heterocycles. The minimum absolute atomic E-state index is 0.597. The number of thiophene rings is 1. The van der Waals surface area contributed by atoms with Crippen LogP contribution in [0.25, 0.3) is 0 Å². The summed E-state index contributed by atoms with van der Waals surface area (Å²) < 4.78 is 7.25. The predicted octanol–water partition coefficient (Wildman–Crippen LogP) is 5.83. The molecular formula is C13H12BrCl2NOS. The minimum atomic E-state index is 0.597. The molecule has 0 aliphatic carbocycles. The van der Waals surface area contributed by atoms with Gasteiger partial charge in [-0.2, -0.15) is 0 Å². The fraction of sp³-hybridized carbons (Fsp3) is 0.231. The Morgan fingerprint density at radius 3 is 2.74 bits per heavy atom. The summed E-state index contributed by atoms with van der Waals surface area (Å²) in [6.07, 6.45) is 0. The number of ether oxygens (including phenoxy) is 1. The van der Waals surface area contributed by atoms with Crippen LogP contribution in [0.15, 0.2) is 28.7 Å². The van der Waals surface area contributed by atoms with Gasteiger partial charge in [0, 0.05) is 16.4 Å². The number of benzene rings is 1. The summed E-state index contributed by atoms with van der Waals surface area (Å²) in [6.45, 7) is 3.23. The van der Waals surface area contributed by atoms with Gasteiger partial charge < -0.3 is 10.1 Å². The molecule has 2 aromatic rings. The van der Waals surface area contributed by atoms with Crippen LogP contribution in [0.5, 0.6) is 5.75 Å². The zero-order chi connectivity index (χ0) is 13.8. The first-order valence-electron chi connectivity index (χ1n) is 5.70. The van der Waals surface area contributed by atoms with Crippen LogP contribution >= 0.6 is 50.5 Å². The second-order valence-electron chi connectivity index (χ2n) is 3.76. The van der Waals surface area contributed by atoms with E-state index >= 15 is 0 Å². The van der Waals surface area contributed by atoms with Crippen LogP contribution in [0.1, 0.15) is 11.8 Å². The molecule has 0 amide bonds. The zero-order valence-electron chi connectivity index (χ0n) is 10.2. The molecule has 0 spiro atoms. The third-order valence-electron chi connectivity index (χ3n) is 2.38. The Kier molecular flexibility index (Phi) is 5.39. The summed E-state index contributed by atoms with van der Waals surface area (Å²) in [5.41, 5.74) is 0.866. The van der Waals surface area contributed by atoms with Gasteiger partial charge in [-0.15, -0.1) is 11.3 Å². The van der Waals surface area contributed by atoms with Crippen molar-refractivity contribution in [2.45, 2.75) is 13.5 Å². The molecule has 1 aromatic carbocycles. The Morgan fingerprint density at radius 1 is 1.32 bits per heavy atom. The zero-order valence-corrected chi connectivity index (χ0v) is 14.1. The summed E-state index contributed by atoms with van der Waals surface area (Å²) in [6, 6.07) is 7.56. The molecule has 6 heteroatoms. The van der Waals surface area contributed by atoms with Crippen molar-refractivity contribution in [3.8, 4) is 5.75 Å². The lowest BCUT2D eigenvalue weighted by molar-refractivity contribution is 0.339. The molecule has 19 heavy (non-hydrogen) atoms. The minimum Gasteiger partial charge on any atom is -0.491 e. The van der Waals surface area contributed by atoms with Gasteiger partial charge in [0.1, 0.15) is 0 Å². The molecule has 0 aliphatic heterocycles. The summed E-state index contributed by atoms with van der Waals surface area (Å²) >= 11 is 17.0. The van der Waals surface area contributed by atoms with Gasteiger partial charge in [0.25, 0.3) is 0 Å². The molecule has 1 heterocycles. The third kappa shape index (κ3) is 4.02. The van der Waals surface area contributed by atoms with Crippen molar-refractivity contribution in [1.82, 2.24) is 0 Å². The lowest BCUT2D eigenvalue weighted by Gasteiger charge is -2.14. The third-order valence-corrected chi connectivity index (χ3v) is 4.42. The molecule has 0 aliphatic rings. The van der Waals surface area contributed by atoms with E-state index in [0.717, 1.165) is 25.1 Å². The van der Waals surface area contributed by atoms with Gasteiger partial charge in [-0.05, 0) is 47.1 Å². The van der Waals surface area contributed by atoms with E-state index in [1.165, 1.54) is 0 Å². The Balaban J connectivity index is 2.18. The average Bonchev–Trinajstić information content (AvgIpc) is 2.76. The SMILES string of the molecule is CCOc1c(Br)cc(Cl)cc1NCc1ccc(Cl)s1. The lowest BCUT2D eigenvalue weighted by Crippen LogP contribution is -2.02. The van der Waals surface area contributed by atoms with Gasteiger partial charge in [-0.25, -0.2) is 0 Å². The van der Waals surface area contributed by atoms with Crippen molar-refractivity contribution < 1.29 is 4.74 Å². The van der Waals surface area contributed by atoms with Crippen LogP contribution in [0, 0.1) is 0 Å². The molecule has 0 atom stereocenters. The second-order valence-corrected chi connectivity index (χ2v) is 6.85. The number of hydrogen-bond acceptors (Lipinski definition) is 3. The molecule has 1 aromatic heterocycles. The fourth-order valence-corrected chi connectivity index (χ4v) is 3.56. The van der Waals surface area contributed by atoms with Gasteiger partial charge in [0.2, 0.25) is 0 Å². The van der Waals surface area contributed by atoms with Crippen molar-refractivity contribution in [3.05, 3.63) is 43.0 Å². The maximum Gasteiger partial charge on any atom is 0.156 e. The van der Waals surface area contributed by atoms with Crippen LogP contribution in [0.2, 0.25) is 9.36 Å². The molecule has 0 bridgehead atoms. The molecule has 2 rings (SSSR count). The predicted molar refractivity (Wildman–Crippen MR) is 87.0 cm³/mol. The first-order valence-corrected chi connectivity index (χ1v) is 8.06. The van der Waals surface area contributed by atoms with Crippen molar-refractivity contribution >= 4 is 56.2 Å². The highest BCUT2D eigenvalue weighted by Crippen LogP contribution is 2.37. The van der Waals surface area contributed by atoms with E-state index in [2.05, 4.69) is 21.2 Å². The number of nitrogens with one attached hydrogen (secondary N) is 1. The highest BCUT2D eigenvalue weighted by molar-refractivity contribution is 9.10. The topological polar surface area (TPSA) is 21.3 Å². The van der Waals surface area contributed by atoms with E-state index in [0.29, 0.717) is 18.2 Å². The van der Waals surface area contributed by atoms with Crippen molar-refractivity contribution in [2.75, 3.05) is 11.9 Å². The summed E-state index contributed by atoms with van der Waals surface area (Å²) in [5, 5.41) is 3.98. The molecule has 0 fully saturated rings. The molecule has 102 valence electrons. The van der Waals surface area contributed by atoms with Crippen LogP contribution in [-0.2, 0) is 6.54 Å². The smallest absolute Gasteiger partial charge is 0.156 e. The first kappa shape index (κ1) is 15.0. The summed E-state index contributed by atoms with van der Waals surface area (Å²) in [7, 11) is 0. The Labute approximate surface area is 134 Å². The number of rotatable bonds is 5. The van der Waals surface area contributed by atoms with Crippen LogP contribution in [0.4, 0.5) is 5.69 Å². The quantitative estimate of drug-likeness (QED) is 0.704. The van der Waals surface area contributed by atoms with Gasteiger partial charge in [-0.1, -0.05) is 23.2 Å². The number of anilines is 1. The van der Waals surface area contributed by atoms with E-state index in [-0.39, 0.29) is 0 Å². The summed E-state index contributed by atoms with van der Waals surface area (Å²) in [4.78, 5) is 1.16. The monoisotopic (exact) mass is 379 g/mol. The molecule has 0 unspecified atom stereocenters.